The molecule has 1 aromatic heterocycles. The smallest absolute Gasteiger partial charge is 0.341 e. The summed E-state index contributed by atoms with van der Waals surface area (Å²) in [5, 5.41) is 0.110. The molecule has 3 rings (SSSR count). The number of carbonyl (C=O) groups is 1. The van der Waals surface area contributed by atoms with Gasteiger partial charge in [-0.05, 0) is 36.5 Å². The number of esters is 1. The highest BCUT2D eigenvalue weighted by Gasteiger charge is 2.25. The number of aryl methyl sites for hydroxylation is 1. The lowest BCUT2D eigenvalue weighted by molar-refractivity contribution is 0.0256. The Morgan fingerprint density at radius 3 is 3.05 bits per heavy atom. The van der Waals surface area contributed by atoms with E-state index < -0.39 is 5.97 Å². The van der Waals surface area contributed by atoms with Crippen molar-refractivity contribution < 1.29 is 9.53 Å². The molecule has 0 spiro atoms. The molecule has 1 heterocycles. The maximum atomic E-state index is 12.3. The van der Waals surface area contributed by atoms with E-state index in [4.69, 9.17) is 22.1 Å². The number of carbonyl (C=O) groups excluding carboxylic acids is 1. The Hall–Kier alpha value is -2.07. The van der Waals surface area contributed by atoms with Gasteiger partial charge in [-0.25, -0.2) is 9.78 Å². The molecule has 0 radical (unpaired) electrons. The molecule has 1 aromatic carbocycles. The number of nitrogens with zero attached hydrogens (tertiary/aromatic N) is 1. The van der Waals surface area contributed by atoms with Gasteiger partial charge in [-0.3, -0.25) is 0 Å². The molecule has 0 aliphatic heterocycles. The van der Waals surface area contributed by atoms with Gasteiger partial charge in [0.15, 0.2) is 0 Å². The Morgan fingerprint density at radius 1 is 1.38 bits per heavy atom. The lowest BCUT2D eigenvalue weighted by atomic mass is 9.89. The monoisotopic (exact) mass is 302 g/mol. The van der Waals surface area contributed by atoms with E-state index in [1.807, 2.05) is 18.2 Å². The first kappa shape index (κ1) is 13.9. The summed E-state index contributed by atoms with van der Waals surface area (Å²) in [5.74, 6) is -0.485. The highest BCUT2D eigenvalue weighted by molar-refractivity contribution is 6.32. The van der Waals surface area contributed by atoms with E-state index in [0.29, 0.717) is 5.69 Å². The van der Waals surface area contributed by atoms with E-state index in [2.05, 4.69) is 11.1 Å². The summed E-state index contributed by atoms with van der Waals surface area (Å²) in [6, 6.07) is 9.53. The fourth-order valence-electron chi connectivity index (χ4n) is 2.63. The minimum absolute atomic E-state index is 0.110. The predicted octanol–water partition coefficient (Wildman–Crippen LogP) is 3.55. The normalized spacial score (nSPS) is 17.1. The quantitative estimate of drug-likeness (QED) is 0.680. The molecule has 5 heteroatoms. The predicted molar refractivity (Wildman–Crippen MR) is 81.2 cm³/mol. The van der Waals surface area contributed by atoms with Gasteiger partial charge in [0.05, 0.1) is 17.4 Å². The summed E-state index contributed by atoms with van der Waals surface area (Å²) < 4.78 is 5.62. The second-order valence-corrected chi connectivity index (χ2v) is 5.45. The summed E-state index contributed by atoms with van der Waals surface area (Å²) in [7, 11) is 0. The van der Waals surface area contributed by atoms with Gasteiger partial charge in [-0.1, -0.05) is 35.9 Å². The van der Waals surface area contributed by atoms with Crippen molar-refractivity contribution in [3.63, 3.8) is 0 Å². The van der Waals surface area contributed by atoms with Crippen molar-refractivity contribution in [1.29, 1.82) is 0 Å². The fourth-order valence-corrected chi connectivity index (χ4v) is 2.81. The summed E-state index contributed by atoms with van der Waals surface area (Å²) in [4.78, 5) is 16.2. The molecule has 0 amide bonds. The molecule has 4 nitrogen and oxygen atoms in total. The molecule has 0 bridgehead atoms. The average Bonchev–Trinajstić information content (AvgIpc) is 2.50. The topological polar surface area (TPSA) is 65.2 Å². The number of hydrogen-bond acceptors (Lipinski definition) is 4. The molecule has 2 N–H and O–H groups in total. The SMILES string of the molecule is Nc1cnc(Cl)c(C(=O)OC2CCCc3ccccc32)c1. The first-order valence-corrected chi connectivity index (χ1v) is 7.23. The van der Waals surface area contributed by atoms with Crippen LogP contribution < -0.4 is 5.73 Å². The van der Waals surface area contributed by atoms with Gasteiger partial charge < -0.3 is 10.5 Å². The Kier molecular flexibility index (Phi) is 3.80. The Balaban J connectivity index is 1.84. The molecule has 0 fully saturated rings. The standard InChI is InChI=1S/C16H15ClN2O2/c17-15-13(8-11(18)9-19-15)16(20)21-14-7-3-5-10-4-1-2-6-12(10)14/h1-2,4,6,8-9,14H,3,5,7,18H2. The number of halogens is 1. The van der Waals surface area contributed by atoms with Crippen molar-refractivity contribution in [3.05, 3.63) is 58.4 Å². The second kappa shape index (κ2) is 5.74. The van der Waals surface area contributed by atoms with Gasteiger partial charge in [0.1, 0.15) is 11.3 Å². The molecule has 21 heavy (non-hydrogen) atoms. The Labute approximate surface area is 127 Å². The van der Waals surface area contributed by atoms with Crippen LogP contribution >= 0.6 is 11.6 Å². The Bertz CT molecular complexity index is 688. The van der Waals surface area contributed by atoms with E-state index in [1.54, 1.807) is 0 Å². The minimum Gasteiger partial charge on any atom is -0.454 e. The lowest BCUT2D eigenvalue weighted by Crippen LogP contribution is -2.17. The maximum absolute atomic E-state index is 12.3. The van der Waals surface area contributed by atoms with Crippen molar-refractivity contribution in [1.82, 2.24) is 4.98 Å². The van der Waals surface area contributed by atoms with Crippen molar-refractivity contribution in [2.24, 2.45) is 0 Å². The first-order chi connectivity index (χ1) is 10.1. The molecular formula is C16H15ClN2O2. The molecule has 2 aromatic rings. The van der Waals surface area contributed by atoms with Crippen LogP contribution in [0.4, 0.5) is 5.69 Å². The van der Waals surface area contributed by atoms with Gasteiger partial charge in [-0.15, -0.1) is 0 Å². The number of nitrogens with two attached hydrogens (primary N) is 1. The van der Waals surface area contributed by atoms with E-state index in [0.717, 1.165) is 24.8 Å². The molecular weight excluding hydrogens is 288 g/mol. The van der Waals surface area contributed by atoms with Gasteiger partial charge in [0, 0.05) is 0 Å². The minimum atomic E-state index is -0.485. The number of benzene rings is 1. The summed E-state index contributed by atoms with van der Waals surface area (Å²) in [6.07, 6.45) is 4.01. The number of ether oxygens (including phenoxy) is 1. The third-order valence-electron chi connectivity index (χ3n) is 3.64. The number of rotatable bonds is 2. The average molecular weight is 303 g/mol. The van der Waals surface area contributed by atoms with E-state index in [1.165, 1.54) is 17.8 Å². The van der Waals surface area contributed by atoms with Crippen LogP contribution in [-0.4, -0.2) is 11.0 Å². The van der Waals surface area contributed by atoms with Crippen LogP contribution in [0.3, 0.4) is 0 Å². The van der Waals surface area contributed by atoms with Crippen molar-refractivity contribution in [2.45, 2.75) is 25.4 Å². The number of hydrogen-bond donors (Lipinski definition) is 1. The van der Waals surface area contributed by atoms with Crippen LogP contribution in [0, 0.1) is 0 Å². The van der Waals surface area contributed by atoms with Crippen molar-refractivity contribution in [3.8, 4) is 0 Å². The molecule has 0 saturated carbocycles. The second-order valence-electron chi connectivity index (χ2n) is 5.09. The van der Waals surface area contributed by atoms with E-state index in [-0.39, 0.29) is 16.8 Å². The summed E-state index contributed by atoms with van der Waals surface area (Å²) >= 11 is 5.94. The van der Waals surface area contributed by atoms with Crippen LogP contribution in [-0.2, 0) is 11.2 Å². The fraction of sp³-hybridized carbons (Fsp3) is 0.250. The zero-order chi connectivity index (χ0) is 14.8. The third-order valence-corrected chi connectivity index (χ3v) is 3.95. The maximum Gasteiger partial charge on any atom is 0.341 e. The van der Waals surface area contributed by atoms with Gasteiger partial charge in [0.25, 0.3) is 0 Å². The van der Waals surface area contributed by atoms with Gasteiger partial charge in [0.2, 0.25) is 0 Å². The van der Waals surface area contributed by atoms with Crippen LogP contribution in [0.15, 0.2) is 36.5 Å². The lowest BCUT2D eigenvalue weighted by Gasteiger charge is -2.25. The molecule has 1 atom stereocenters. The van der Waals surface area contributed by atoms with Crippen LogP contribution in [0.2, 0.25) is 5.15 Å². The first-order valence-electron chi connectivity index (χ1n) is 6.85. The molecule has 0 saturated heterocycles. The number of anilines is 1. The third kappa shape index (κ3) is 2.85. The van der Waals surface area contributed by atoms with Crippen LogP contribution in [0.1, 0.15) is 40.4 Å². The highest BCUT2D eigenvalue weighted by Crippen LogP contribution is 2.33. The number of pyridine rings is 1. The highest BCUT2D eigenvalue weighted by atomic mass is 35.5. The zero-order valence-corrected chi connectivity index (χ0v) is 12.1. The van der Waals surface area contributed by atoms with Crippen molar-refractivity contribution >= 4 is 23.3 Å². The number of nitrogen functional groups attached to an aromatic ring is 1. The number of aromatic nitrogens is 1. The van der Waals surface area contributed by atoms with Crippen LogP contribution in [0.5, 0.6) is 0 Å². The number of fused-ring (bicyclic) bond motifs is 1. The Morgan fingerprint density at radius 2 is 2.19 bits per heavy atom. The molecule has 1 aliphatic carbocycles. The van der Waals surface area contributed by atoms with E-state index >= 15 is 0 Å². The van der Waals surface area contributed by atoms with Crippen molar-refractivity contribution in [2.75, 3.05) is 5.73 Å². The summed E-state index contributed by atoms with van der Waals surface area (Å²) in [5.41, 5.74) is 8.55. The van der Waals surface area contributed by atoms with Crippen LogP contribution in [0.25, 0.3) is 0 Å². The van der Waals surface area contributed by atoms with Gasteiger partial charge in [-0.2, -0.15) is 0 Å². The van der Waals surface area contributed by atoms with Gasteiger partial charge >= 0.3 is 5.97 Å². The summed E-state index contributed by atoms with van der Waals surface area (Å²) in [6.45, 7) is 0. The molecule has 108 valence electrons. The molecule has 1 unspecified atom stereocenters. The largest absolute Gasteiger partial charge is 0.454 e. The zero-order valence-electron chi connectivity index (χ0n) is 11.4. The molecule has 1 aliphatic rings. The van der Waals surface area contributed by atoms with E-state index in [9.17, 15) is 4.79 Å².